The average molecular weight is 156 g/mol. The van der Waals surface area contributed by atoms with E-state index >= 15 is 0 Å². The predicted octanol–water partition coefficient (Wildman–Crippen LogP) is 1.44. The van der Waals surface area contributed by atoms with Crippen LogP contribution in [-0.2, 0) is 6.54 Å². The van der Waals surface area contributed by atoms with Gasteiger partial charge in [-0.05, 0) is 12.2 Å². The third-order valence-corrected chi connectivity index (χ3v) is 1.50. The predicted molar refractivity (Wildman–Crippen MR) is 41.5 cm³/mol. The zero-order chi connectivity index (χ0) is 7.56. The minimum absolute atomic E-state index is 0.143. The van der Waals surface area contributed by atoms with Crippen LogP contribution in [0.25, 0.3) is 0 Å². The number of aromatic nitrogens is 2. The van der Waals surface area contributed by atoms with Crippen molar-refractivity contribution < 1.29 is 5.11 Å². The first kappa shape index (κ1) is 7.08. The maximum Gasteiger partial charge on any atom is 0.210 e. The van der Waals surface area contributed by atoms with Crippen molar-refractivity contribution in [2.45, 2.75) is 6.54 Å². The summed E-state index contributed by atoms with van der Waals surface area (Å²) in [6.07, 6.45) is 3.12. The Balaban J connectivity index is 3.10. The summed E-state index contributed by atoms with van der Waals surface area (Å²) in [4.78, 5) is 2.70. The van der Waals surface area contributed by atoms with E-state index in [-0.39, 0.29) is 5.88 Å². The highest BCUT2D eigenvalue weighted by atomic mass is 32.1. The van der Waals surface area contributed by atoms with Crippen LogP contribution in [0.3, 0.4) is 0 Å². The van der Waals surface area contributed by atoms with Crippen molar-refractivity contribution in [1.82, 2.24) is 9.55 Å². The normalized spacial score (nSPS) is 9.60. The molecule has 0 bridgehead atoms. The van der Waals surface area contributed by atoms with Gasteiger partial charge >= 0.3 is 0 Å². The van der Waals surface area contributed by atoms with E-state index in [9.17, 15) is 0 Å². The quantitative estimate of drug-likeness (QED) is 0.502. The third-order valence-electron chi connectivity index (χ3n) is 1.16. The van der Waals surface area contributed by atoms with Crippen molar-refractivity contribution >= 4 is 12.2 Å². The summed E-state index contributed by atoms with van der Waals surface area (Å²) >= 11 is 4.84. The summed E-state index contributed by atoms with van der Waals surface area (Å²) in [5.41, 5.74) is 0. The molecule has 0 spiro atoms. The molecule has 1 aromatic heterocycles. The van der Waals surface area contributed by atoms with Crippen molar-refractivity contribution in [3.05, 3.63) is 23.6 Å². The molecule has 0 atom stereocenters. The lowest BCUT2D eigenvalue weighted by Crippen LogP contribution is -1.92. The van der Waals surface area contributed by atoms with Crippen molar-refractivity contribution in [3.8, 4) is 5.88 Å². The minimum atomic E-state index is 0.143. The minimum Gasteiger partial charge on any atom is -0.493 e. The molecule has 0 saturated carbocycles. The molecule has 0 aliphatic rings. The summed E-state index contributed by atoms with van der Waals surface area (Å²) in [7, 11) is 0. The van der Waals surface area contributed by atoms with Crippen LogP contribution >= 0.6 is 12.2 Å². The number of hydrogen-bond donors (Lipinski definition) is 2. The second kappa shape index (κ2) is 2.70. The Kier molecular flexibility index (Phi) is 1.91. The Labute approximate surface area is 63.6 Å². The Hall–Kier alpha value is -1.03. The van der Waals surface area contributed by atoms with Crippen molar-refractivity contribution in [2.75, 3.05) is 0 Å². The van der Waals surface area contributed by atoms with E-state index in [0.29, 0.717) is 11.3 Å². The largest absolute Gasteiger partial charge is 0.493 e. The fourth-order valence-corrected chi connectivity index (χ4v) is 0.919. The number of allylic oxidation sites excluding steroid dienone is 1. The van der Waals surface area contributed by atoms with E-state index in [0.717, 1.165) is 0 Å². The molecule has 54 valence electrons. The van der Waals surface area contributed by atoms with E-state index in [4.69, 9.17) is 17.3 Å². The van der Waals surface area contributed by atoms with Gasteiger partial charge in [-0.1, -0.05) is 6.08 Å². The highest BCUT2D eigenvalue weighted by Crippen LogP contribution is 2.07. The lowest BCUT2D eigenvalue weighted by molar-refractivity contribution is 0.425. The van der Waals surface area contributed by atoms with Crippen molar-refractivity contribution in [1.29, 1.82) is 0 Å². The number of nitrogens with zero attached hydrogens (tertiary/aromatic N) is 1. The Morgan fingerprint density at radius 1 is 1.90 bits per heavy atom. The van der Waals surface area contributed by atoms with Gasteiger partial charge in [-0.25, -0.2) is 0 Å². The summed E-state index contributed by atoms with van der Waals surface area (Å²) in [6.45, 7) is 4.06. The van der Waals surface area contributed by atoms with Gasteiger partial charge in [0.05, 0.1) is 6.20 Å². The number of imidazole rings is 1. The molecule has 0 aliphatic carbocycles. The highest BCUT2D eigenvalue weighted by molar-refractivity contribution is 7.71. The molecule has 0 saturated heterocycles. The molecular formula is C6H8N2OS. The Bertz CT molecular complexity index is 286. The topological polar surface area (TPSA) is 41.0 Å². The number of H-pyrrole nitrogens is 1. The van der Waals surface area contributed by atoms with Crippen LogP contribution in [0.4, 0.5) is 0 Å². The first-order valence-corrected chi connectivity index (χ1v) is 3.24. The van der Waals surface area contributed by atoms with Crippen molar-refractivity contribution in [2.24, 2.45) is 0 Å². The van der Waals surface area contributed by atoms with Gasteiger partial charge in [0.15, 0.2) is 4.77 Å². The lowest BCUT2D eigenvalue weighted by Gasteiger charge is -1.96. The van der Waals surface area contributed by atoms with Gasteiger partial charge < -0.3 is 10.1 Å². The van der Waals surface area contributed by atoms with Crippen LogP contribution < -0.4 is 0 Å². The molecule has 0 aliphatic heterocycles. The second-order valence-electron chi connectivity index (χ2n) is 1.85. The van der Waals surface area contributed by atoms with Gasteiger partial charge in [0.1, 0.15) is 0 Å². The lowest BCUT2D eigenvalue weighted by atomic mass is 10.6. The number of hydrogen-bond acceptors (Lipinski definition) is 2. The number of aromatic hydroxyl groups is 1. The molecule has 1 heterocycles. The van der Waals surface area contributed by atoms with Gasteiger partial charge in [0, 0.05) is 6.54 Å². The van der Waals surface area contributed by atoms with Crippen LogP contribution in [0.1, 0.15) is 0 Å². The van der Waals surface area contributed by atoms with Crippen LogP contribution in [-0.4, -0.2) is 14.7 Å². The fourth-order valence-electron chi connectivity index (χ4n) is 0.692. The summed E-state index contributed by atoms with van der Waals surface area (Å²) in [5.74, 6) is 0.143. The highest BCUT2D eigenvalue weighted by Gasteiger charge is 1.96. The number of nitrogens with one attached hydrogen (secondary N) is 1. The second-order valence-corrected chi connectivity index (χ2v) is 2.24. The molecule has 0 fully saturated rings. The van der Waals surface area contributed by atoms with Gasteiger partial charge in [-0.3, -0.25) is 4.57 Å². The number of rotatable bonds is 2. The van der Waals surface area contributed by atoms with E-state index in [1.54, 1.807) is 10.6 Å². The van der Waals surface area contributed by atoms with Crippen LogP contribution in [0.5, 0.6) is 5.88 Å². The molecule has 3 nitrogen and oxygen atoms in total. The molecule has 4 heteroatoms. The van der Waals surface area contributed by atoms with E-state index in [1.807, 2.05) is 0 Å². The zero-order valence-corrected chi connectivity index (χ0v) is 6.19. The fraction of sp³-hybridized carbons (Fsp3) is 0.167. The average Bonchev–Trinajstić information content (AvgIpc) is 2.20. The monoisotopic (exact) mass is 156 g/mol. The zero-order valence-electron chi connectivity index (χ0n) is 5.37. The molecule has 2 N–H and O–H groups in total. The van der Waals surface area contributed by atoms with E-state index in [2.05, 4.69) is 11.6 Å². The molecule has 0 radical (unpaired) electrons. The smallest absolute Gasteiger partial charge is 0.210 e. The van der Waals surface area contributed by atoms with Gasteiger partial charge in [0.2, 0.25) is 5.88 Å². The molecule has 0 amide bonds. The van der Waals surface area contributed by atoms with Gasteiger partial charge in [-0.2, -0.15) is 0 Å². The summed E-state index contributed by atoms with van der Waals surface area (Å²) in [6, 6.07) is 0. The standard InChI is InChI=1S/C6H8N2OS/c1-2-3-8-5(9)4-7-6(8)10/h2,4,9H,1,3H2,(H,7,10). The summed E-state index contributed by atoms with van der Waals surface area (Å²) < 4.78 is 2.06. The molecule has 0 unspecified atom stereocenters. The first-order chi connectivity index (χ1) is 4.75. The molecule has 1 aromatic rings. The number of aromatic amines is 1. The molecule has 0 aromatic carbocycles. The van der Waals surface area contributed by atoms with E-state index < -0.39 is 0 Å². The Morgan fingerprint density at radius 2 is 2.60 bits per heavy atom. The van der Waals surface area contributed by atoms with Gasteiger partial charge in [0.25, 0.3) is 0 Å². The van der Waals surface area contributed by atoms with E-state index in [1.165, 1.54) is 6.20 Å². The van der Waals surface area contributed by atoms with Crippen molar-refractivity contribution in [3.63, 3.8) is 0 Å². The maximum absolute atomic E-state index is 9.08. The molecule has 1 rings (SSSR count). The SMILES string of the molecule is C=CCn1c(O)c[nH]c1=S. The van der Waals surface area contributed by atoms with Crippen LogP contribution in [0.2, 0.25) is 0 Å². The van der Waals surface area contributed by atoms with Crippen LogP contribution in [0, 0.1) is 4.77 Å². The third kappa shape index (κ3) is 1.11. The van der Waals surface area contributed by atoms with Gasteiger partial charge in [-0.15, -0.1) is 6.58 Å². The molecular weight excluding hydrogens is 148 g/mol. The maximum atomic E-state index is 9.08. The summed E-state index contributed by atoms with van der Waals surface area (Å²) in [5, 5.41) is 9.08. The Morgan fingerprint density at radius 3 is 3.00 bits per heavy atom. The van der Waals surface area contributed by atoms with Crippen LogP contribution in [0.15, 0.2) is 18.9 Å². The first-order valence-electron chi connectivity index (χ1n) is 2.84. The molecule has 10 heavy (non-hydrogen) atoms.